The second-order valence-electron chi connectivity index (χ2n) is 4.93. The molecule has 0 aromatic carbocycles. The van der Waals surface area contributed by atoms with Gasteiger partial charge in [0.2, 0.25) is 0 Å². The molecule has 3 heteroatoms. The largest absolute Gasteiger partial charge is 0.359 e. The summed E-state index contributed by atoms with van der Waals surface area (Å²) in [7, 11) is 2.04. The molecule has 1 rings (SSSR count). The molecule has 0 aromatic heterocycles. The van der Waals surface area contributed by atoms with Crippen LogP contribution in [0.2, 0.25) is 0 Å². The van der Waals surface area contributed by atoms with Crippen molar-refractivity contribution >= 4 is 0 Å². The van der Waals surface area contributed by atoms with Crippen molar-refractivity contribution in [2.75, 3.05) is 7.05 Å². The second kappa shape index (κ2) is 5.39. The van der Waals surface area contributed by atoms with Gasteiger partial charge in [0.15, 0.2) is 0 Å². The van der Waals surface area contributed by atoms with Crippen LogP contribution in [0, 0.1) is 5.92 Å². The van der Waals surface area contributed by atoms with Crippen molar-refractivity contribution in [2.24, 2.45) is 5.92 Å². The van der Waals surface area contributed by atoms with Gasteiger partial charge in [-0.1, -0.05) is 13.8 Å². The van der Waals surface area contributed by atoms with E-state index in [1.165, 1.54) is 6.92 Å². The molecule has 0 N–H and O–H groups in total. The molecule has 0 aliphatic carbocycles. The van der Waals surface area contributed by atoms with Crippen LogP contribution in [-0.4, -0.2) is 23.0 Å². The number of halogens is 1. The maximum absolute atomic E-state index is 13.1. The van der Waals surface area contributed by atoms with E-state index in [-0.39, 0.29) is 12.0 Å². The third-order valence-electron chi connectivity index (χ3n) is 3.24. The van der Waals surface area contributed by atoms with E-state index in [4.69, 9.17) is 0 Å². The Morgan fingerprint density at radius 1 is 1.29 bits per heavy atom. The van der Waals surface area contributed by atoms with Gasteiger partial charge in [-0.2, -0.15) is 0 Å². The maximum Gasteiger partial charge on any atom is 0.102 e. The van der Waals surface area contributed by atoms with Crippen molar-refractivity contribution in [1.82, 2.24) is 9.80 Å². The molecule has 0 bridgehead atoms. The summed E-state index contributed by atoms with van der Waals surface area (Å²) in [5, 5.41) is 0. The Morgan fingerprint density at radius 3 is 2.24 bits per heavy atom. The number of hydrogen-bond acceptors (Lipinski definition) is 2. The van der Waals surface area contributed by atoms with Gasteiger partial charge >= 0.3 is 0 Å². The van der Waals surface area contributed by atoms with E-state index in [1.54, 1.807) is 6.08 Å². The van der Waals surface area contributed by atoms with Crippen LogP contribution in [-0.2, 0) is 0 Å². The lowest BCUT2D eigenvalue weighted by Gasteiger charge is -2.29. The zero-order valence-electron chi connectivity index (χ0n) is 11.7. The molecule has 96 valence electrons. The number of hydrogen-bond donors (Lipinski definition) is 0. The lowest BCUT2D eigenvalue weighted by molar-refractivity contribution is 0.230. The molecule has 1 aliphatic heterocycles. The van der Waals surface area contributed by atoms with Crippen LogP contribution >= 0.6 is 0 Å². The quantitative estimate of drug-likeness (QED) is 0.689. The van der Waals surface area contributed by atoms with Crippen LogP contribution in [0.5, 0.6) is 0 Å². The van der Waals surface area contributed by atoms with Gasteiger partial charge < -0.3 is 9.80 Å². The Bertz CT molecular complexity index is 362. The molecule has 0 radical (unpaired) electrons. The molecule has 0 spiro atoms. The number of allylic oxidation sites excluding steroid dienone is 4. The average Bonchev–Trinajstić information content (AvgIpc) is 2.55. The Hall–Kier alpha value is -1.25. The van der Waals surface area contributed by atoms with E-state index < -0.39 is 0 Å². The molecule has 1 aliphatic rings. The summed E-state index contributed by atoms with van der Waals surface area (Å²) in [4.78, 5) is 4.31. The maximum atomic E-state index is 13.1. The lowest BCUT2D eigenvalue weighted by atomic mass is 10.00. The van der Waals surface area contributed by atoms with Gasteiger partial charge in [0.05, 0.1) is 5.83 Å². The molecule has 1 unspecified atom stereocenters. The number of nitrogens with zero attached hydrogens (tertiary/aromatic N) is 2. The molecular formula is C14H23FN2. The first kappa shape index (κ1) is 13.8. The van der Waals surface area contributed by atoms with E-state index in [0.29, 0.717) is 5.92 Å². The zero-order chi connectivity index (χ0) is 13.2. The Balaban J connectivity index is 3.08. The summed E-state index contributed by atoms with van der Waals surface area (Å²) in [6.07, 6.45) is 6.01. The predicted molar refractivity (Wildman–Crippen MR) is 70.6 cm³/mol. The van der Waals surface area contributed by atoms with Crippen molar-refractivity contribution in [1.29, 1.82) is 0 Å². The van der Waals surface area contributed by atoms with Crippen LogP contribution in [0.4, 0.5) is 4.39 Å². The molecule has 0 saturated heterocycles. The summed E-state index contributed by atoms with van der Waals surface area (Å²) in [6.45, 7) is 9.85. The number of rotatable bonds is 3. The first-order valence-corrected chi connectivity index (χ1v) is 6.07. The van der Waals surface area contributed by atoms with Gasteiger partial charge in [0, 0.05) is 25.1 Å². The minimum absolute atomic E-state index is 0.141. The van der Waals surface area contributed by atoms with E-state index in [1.807, 2.05) is 19.4 Å². The molecule has 0 aromatic rings. The highest BCUT2D eigenvalue weighted by atomic mass is 19.1. The fourth-order valence-corrected chi connectivity index (χ4v) is 2.07. The van der Waals surface area contributed by atoms with Gasteiger partial charge in [-0.05, 0) is 38.3 Å². The van der Waals surface area contributed by atoms with Crippen molar-refractivity contribution in [2.45, 2.75) is 40.8 Å². The highest BCUT2D eigenvalue weighted by molar-refractivity contribution is 5.29. The van der Waals surface area contributed by atoms with Gasteiger partial charge in [0.25, 0.3) is 0 Å². The summed E-state index contributed by atoms with van der Waals surface area (Å²) in [5.74, 6) is 0.171. The summed E-state index contributed by atoms with van der Waals surface area (Å²) < 4.78 is 13.1. The molecular weight excluding hydrogens is 215 g/mol. The van der Waals surface area contributed by atoms with Gasteiger partial charge in [-0.25, -0.2) is 4.39 Å². The Morgan fingerprint density at radius 2 is 1.88 bits per heavy atom. The lowest BCUT2D eigenvalue weighted by Crippen LogP contribution is -2.33. The van der Waals surface area contributed by atoms with Gasteiger partial charge in [0.1, 0.15) is 6.17 Å². The first-order chi connectivity index (χ1) is 7.84. The van der Waals surface area contributed by atoms with E-state index in [2.05, 4.69) is 37.5 Å². The molecule has 0 saturated carbocycles. The molecule has 0 amide bonds. The first-order valence-electron chi connectivity index (χ1n) is 6.07. The van der Waals surface area contributed by atoms with E-state index >= 15 is 0 Å². The van der Waals surface area contributed by atoms with Crippen LogP contribution in [0.3, 0.4) is 0 Å². The monoisotopic (exact) mass is 238 g/mol. The van der Waals surface area contributed by atoms with Crippen molar-refractivity contribution in [3.8, 4) is 0 Å². The molecule has 17 heavy (non-hydrogen) atoms. The van der Waals surface area contributed by atoms with E-state index in [0.717, 1.165) is 11.3 Å². The van der Waals surface area contributed by atoms with Crippen LogP contribution in [0.15, 0.2) is 35.6 Å². The summed E-state index contributed by atoms with van der Waals surface area (Å²) >= 11 is 0. The van der Waals surface area contributed by atoms with Crippen LogP contribution < -0.4 is 0 Å². The zero-order valence-corrected chi connectivity index (χ0v) is 11.7. The smallest absolute Gasteiger partial charge is 0.102 e. The molecule has 1 atom stereocenters. The second-order valence-corrected chi connectivity index (χ2v) is 4.93. The van der Waals surface area contributed by atoms with Crippen molar-refractivity contribution < 1.29 is 4.39 Å². The van der Waals surface area contributed by atoms with Gasteiger partial charge in [-0.3, -0.25) is 0 Å². The SMILES string of the molecule is C/C(F)=C\C(=C(/C)N1C=CN(C)C1C)C(C)C. The van der Waals surface area contributed by atoms with Gasteiger partial charge in [-0.15, -0.1) is 0 Å². The predicted octanol–water partition coefficient (Wildman–Crippen LogP) is 3.85. The highest BCUT2D eigenvalue weighted by Crippen LogP contribution is 2.26. The minimum atomic E-state index is -0.141. The Labute approximate surface area is 104 Å². The summed E-state index contributed by atoms with van der Waals surface area (Å²) in [5.41, 5.74) is 2.17. The van der Waals surface area contributed by atoms with Crippen molar-refractivity contribution in [3.63, 3.8) is 0 Å². The fourth-order valence-electron chi connectivity index (χ4n) is 2.07. The molecule has 0 fully saturated rings. The van der Waals surface area contributed by atoms with E-state index in [9.17, 15) is 4.39 Å². The van der Waals surface area contributed by atoms with Crippen molar-refractivity contribution in [3.05, 3.63) is 35.6 Å². The summed E-state index contributed by atoms with van der Waals surface area (Å²) in [6, 6.07) is 0. The third-order valence-corrected chi connectivity index (χ3v) is 3.24. The Kier molecular flexibility index (Phi) is 4.38. The normalized spacial score (nSPS) is 22.6. The standard InChI is InChI=1S/C14H23FN2/c1-10(2)14(9-11(3)15)12(4)17-8-7-16(6)13(17)5/h7-10,13H,1-6H3/b11-9+,14-12-. The minimum Gasteiger partial charge on any atom is -0.359 e. The van der Waals surface area contributed by atoms with Crippen LogP contribution in [0.1, 0.15) is 34.6 Å². The average molecular weight is 238 g/mol. The topological polar surface area (TPSA) is 6.48 Å². The van der Waals surface area contributed by atoms with Crippen LogP contribution in [0.25, 0.3) is 0 Å². The highest BCUT2D eigenvalue weighted by Gasteiger charge is 2.22. The third kappa shape index (κ3) is 3.11. The fraction of sp³-hybridized carbons (Fsp3) is 0.571. The molecule has 1 heterocycles. The molecule has 2 nitrogen and oxygen atoms in total.